The van der Waals surface area contributed by atoms with Gasteiger partial charge in [0.05, 0.1) is 42.0 Å². The van der Waals surface area contributed by atoms with E-state index in [1.165, 1.54) is 33.5 Å². The first-order chi connectivity index (χ1) is 12.6. The third-order valence-corrected chi connectivity index (χ3v) is 4.66. The maximum absolute atomic E-state index is 13.0. The molecule has 2 aromatic rings. The Morgan fingerprint density at radius 3 is 2.22 bits per heavy atom. The molecule has 0 aromatic heterocycles. The van der Waals surface area contributed by atoms with Crippen molar-refractivity contribution >= 4 is 39.1 Å². The average molecular weight is 469 g/mol. The molecule has 1 N–H and O–H groups in total. The van der Waals surface area contributed by atoms with Crippen molar-refractivity contribution in [3.63, 3.8) is 0 Å². The molecule has 0 aliphatic rings. The number of ether oxygens (including phenoxy) is 3. The van der Waals surface area contributed by atoms with E-state index in [1.807, 2.05) is 0 Å². The molecule has 0 saturated carbocycles. The fourth-order valence-corrected chi connectivity index (χ4v) is 3.17. The number of carbonyl (C=O) groups excluding carboxylic acids is 1. The summed E-state index contributed by atoms with van der Waals surface area (Å²) >= 11 is 8.83. The Morgan fingerprint density at radius 1 is 1.07 bits per heavy atom. The number of benzene rings is 2. The molecule has 5 nitrogen and oxygen atoms in total. The molecule has 0 spiro atoms. The predicted molar refractivity (Wildman–Crippen MR) is 98.2 cm³/mol. The molecule has 27 heavy (non-hydrogen) atoms. The van der Waals surface area contributed by atoms with Gasteiger partial charge in [-0.15, -0.1) is 0 Å². The van der Waals surface area contributed by atoms with Crippen molar-refractivity contribution in [3.05, 3.63) is 44.9 Å². The summed E-state index contributed by atoms with van der Waals surface area (Å²) in [7, 11) is 4.15. The highest BCUT2D eigenvalue weighted by Gasteiger charge is 2.33. The van der Waals surface area contributed by atoms with Gasteiger partial charge < -0.3 is 19.5 Å². The van der Waals surface area contributed by atoms with Crippen LogP contribution < -0.4 is 19.5 Å². The van der Waals surface area contributed by atoms with Gasteiger partial charge >= 0.3 is 6.18 Å². The lowest BCUT2D eigenvalue weighted by Crippen LogP contribution is -2.15. The van der Waals surface area contributed by atoms with E-state index in [-0.39, 0.29) is 33.0 Å². The Bertz CT molecular complexity index is 874. The zero-order valence-electron chi connectivity index (χ0n) is 14.3. The van der Waals surface area contributed by atoms with E-state index >= 15 is 0 Å². The van der Waals surface area contributed by atoms with Crippen LogP contribution in [0.15, 0.2) is 28.7 Å². The Hall–Kier alpha value is -2.13. The van der Waals surface area contributed by atoms with Crippen LogP contribution in [-0.4, -0.2) is 27.2 Å². The number of hydrogen-bond donors (Lipinski definition) is 1. The molecule has 0 aliphatic carbocycles. The number of halogens is 5. The summed E-state index contributed by atoms with van der Waals surface area (Å²) in [4.78, 5) is 12.6. The van der Waals surface area contributed by atoms with Crippen LogP contribution in [0.2, 0.25) is 5.02 Å². The molecule has 0 atom stereocenters. The monoisotopic (exact) mass is 467 g/mol. The number of amides is 1. The Balaban J connectivity index is 2.45. The highest BCUT2D eigenvalue weighted by atomic mass is 79.9. The Morgan fingerprint density at radius 2 is 1.70 bits per heavy atom. The lowest BCUT2D eigenvalue weighted by atomic mass is 10.1. The second kappa shape index (κ2) is 8.26. The standard InChI is InChI=1S/C17H14BrClF3NO4/c1-25-12-7-9(13(18)15(27-3)14(12)26-2)16(24)23-8-4-5-11(19)10(6-8)17(20,21)22/h4-7H,1-3H3,(H,23,24). The predicted octanol–water partition coefficient (Wildman–Crippen LogP) is 5.40. The number of anilines is 1. The number of rotatable bonds is 5. The van der Waals surface area contributed by atoms with Gasteiger partial charge in [0.1, 0.15) is 0 Å². The summed E-state index contributed by atoms with van der Waals surface area (Å²) in [6, 6.07) is 4.46. The lowest BCUT2D eigenvalue weighted by molar-refractivity contribution is -0.137. The molecule has 0 aliphatic heterocycles. The fraction of sp³-hybridized carbons (Fsp3) is 0.235. The second-order valence-corrected chi connectivity index (χ2v) is 6.35. The third-order valence-electron chi connectivity index (χ3n) is 3.54. The van der Waals surface area contributed by atoms with Crippen LogP contribution in [0.5, 0.6) is 17.2 Å². The van der Waals surface area contributed by atoms with Crippen LogP contribution in [0, 0.1) is 0 Å². The number of methoxy groups -OCH3 is 3. The quantitative estimate of drug-likeness (QED) is 0.638. The van der Waals surface area contributed by atoms with E-state index in [0.717, 1.165) is 12.1 Å². The SMILES string of the molecule is COc1cc(C(=O)Nc2ccc(Cl)c(C(F)(F)F)c2)c(Br)c(OC)c1OC. The van der Waals surface area contributed by atoms with Crippen LogP contribution in [0.1, 0.15) is 15.9 Å². The Labute approximate surface area is 166 Å². The first kappa shape index (κ1) is 21.2. The van der Waals surface area contributed by atoms with Crippen LogP contribution in [0.3, 0.4) is 0 Å². The molecule has 0 radical (unpaired) electrons. The Kier molecular flexibility index (Phi) is 6.48. The van der Waals surface area contributed by atoms with E-state index in [9.17, 15) is 18.0 Å². The van der Waals surface area contributed by atoms with Gasteiger partial charge in [-0.05, 0) is 40.2 Å². The van der Waals surface area contributed by atoms with Gasteiger partial charge in [0.2, 0.25) is 5.75 Å². The fourth-order valence-electron chi connectivity index (χ4n) is 2.31. The zero-order valence-corrected chi connectivity index (χ0v) is 16.7. The van der Waals surface area contributed by atoms with E-state index in [4.69, 9.17) is 25.8 Å². The van der Waals surface area contributed by atoms with Gasteiger partial charge in [0, 0.05) is 5.69 Å². The first-order valence-electron chi connectivity index (χ1n) is 7.30. The van der Waals surface area contributed by atoms with Crippen molar-refractivity contribution in [1.82, 2.24) is 0 Å². The van der Waals surface area contributed by atoms with Crippen molar-refractivity contribution in [2.24, 2.45) is 0 Å². The highest BCUT2D eigenvalue weighted by Crippen LogP contribution is 2.45. The third kappa shape index (κ3) is 4.41. The summed E-state index contributed by atoms with van der Waals surface area (Å²) in [5.74, 6) is -0.00489. The molecule has 146 valence electrons. The van der Waals surface area contributed by atoms with Crippen LogP contribution >= 0.6 is 27.5 Å². The number of alkyl halides is 3. The normalized spacial score (nSPS) is 11.1. The van der Waals surface area contributed by atoms with E-state index in [0.29, 0.717) is 0 Å². The second-order valence-electron chi connectivity index (χ2n) is 5.15. The van der Waals surface area contributed by atoms with Crippen LogP contribution in [0.4, 0.5) is 18.9 Å². The number of carbonyl (C=O) groups is 1. The molecule has 0 unspecified atom stereocenters. The maximum atomic E-state index is 13.0. The van der Waals surface area contributed by atoms with E-state index < -0.39 is 22.7 Å². The first-order valence-corrected chi connectivity index (χ1v) is 8.47. The minimum atomic E-state index is -4.65. The van der Waals surface area contributed by atoms with E-state index in [1.54, 1.807) is 0 Å². The van der Waals surface area contributed by atoms with Crippen molar-refractivity contribution < 1.29 is 32.2 Å². The van der Waals surface area contributed by atoms with Crippen molar-refractivity contribution in [2.75, 3.05) is 26.6 Å². The minimum Gasteiger partial charge on any atom is -0.493 e. The van der Waals surface area contributed by atoms with Crippen molar-refractivity contribution in [3.8, 4) is 17.2 Å². The van der Waals surface area contributed by atoms with Gasteiger partial charge in [-0.1, -0.05) is 11.6 Å². The number of hydrogen-bond acceptors (Lipinski definition) is 4. The average Bonchev–Trinajstić information content (AvgIpc) is 2.61. The summed E-state index contributed by atoms with van der Waals surface area (Å²) in [6.07, 6.45) is -4.65. The van der Waals surface area contributed by atoms with Crippen molar-refractivity contribution in [2.45, 2.75) is 6.18 Å². The molecule has 2 aromatic carbocycles. The number of nitrogens with one attached hydrogen (secondary N) is 1. The lowest BCUT2D eigenvalue weighted by Gasteiger charge is -2.17. The highest BCUT2D eigenvalue weighted by molar-refractivity contribution is 9.10. The summed E-state index contributed by atoms with van der Waals surface area (Å²) in [6.45, 7) is 0. The molecule has 0 fully saturated rings. The zero-order chi connectivity index (χ0) is 20.4. The largest absolute Gasteiger partial charge is 0.493 e. The molecule has 10 heteroatoms. The van der Waals surface area contributed by atoms with Gasteiger partial charge in [-0.3, -0.25) is 4.79 Å². The van der Waals surface area contributed by atoms with Gasteiger partial charge in [-0.25, -0.2) is 0 Å². The molecular weight excluding hydrogens is 455 g/mol. The summed E-state index contributed by atoms with van der Waals surface area (Å²) in [5.41, 5.74) is -1.05. The molecular formula is C17H14BrClF3NO4. The minimum absolute atomic E-state index is 0.0719. The summed E-state index contributed by atoms with van der Waals surface area (Å²) in [5, 5.41) is 1.94. The topological polar surface area (TPSA) is 56.8 Å². The van der Waals surface area contributed by atoms with Crippen molar-refractivity contribution in [1.29, 1.82) is 0 Å². The van der Waals surface area contributed by atoms with Gasteiger partial charge in [0.25, 0.3) is 5.91 Å². The maximum Gasteiger partial charge on any atom is 0.417 e. The molecule has 1 amide bonds. The smallest absolute Gasteiger partial charge is 0.417 e. The molecule has 0 heterocycles. The van der Waals surface area contributed by atoms with E-state index in [2.05, 4.69) is 21.2 Å². The molecule has 2 rings (SSSR count). The van der Waals surface area contributed by atoms with Crippen LogP contribution in [0.25, 0.3) is 0 Å². The van der Waals surface area contributed by atoms with Gasteiger partial charge in [-0.2, -0.15) is 13.2 Å². The molecule has 0 bridgehead atoms. The molecule has 0 saturated heterocycles. The van der Waals surface area contributed by atoms with Gasteiger partial charge in [0.15, 0.2) is 11.5 Å². The van der Waals surface area contributed by atoms with Crippen LogP contribution in [-0.2, 0) is 6.18 Å². The summed E-state index contributed by atoms with van der Waals surface area (Å²) < 4.78 is 54.8.